The molecule has 1 N–H and O–H groups in total. The van der Waals surface area contributed by atoms with Crippen molar-refractivity contribution in [1.29, 1.82) is 0 Å². The monoisotopic (exact) mass is 747 g/mol. The lowest BCUT2D eigenvalue weighted by molar-refractivity contribution is 0.477. The average Bonchev–Trinajstić information content (AvgIpc) is 3.55. The van der Waals surface area contributed by atoms with Gasteiger partial charge >= 0.3 is 0 Å². The summed E-state index contributed by atoms with van der Waals surface area (Å²) in [6, 6.07) is 51.3. The van der Waals surface area contributed by atoms with E-state index >= 15 is 0 Å². The first-order valence-corrected chi connectivity index (χ1v) is 19.9. The number of ether oxygens (including phenoxy) is 1. The first-order chi connectivity index (χ1) is 28.0. The molecule has 0 saturated carbocycles. The molecular weight excluding hydrogens is 699 g/mol. The minimum atomic E-state index is 0.436. The van der Waals surface area contributed by atoms with Crippen LogP contribution in [0, 0.1) is 6.92 Å². The van der Waals surface area contributed by atoms with Crippen LogP contribution in [-0.2, 0) is 6.54 Å². The minimum Gasteiger partial charge on any atom is -0.453 e. The van der Waals surface area contributed by atoms with Crippen molar-refractivity contribution in [2.45, 2.75) is 46.1 Å². The van der Waals surface area contributed by atoms with Gasteiger partial charge in [0, 0.05) is 41.1 Å². The zero-order valence-electron chi connectivity index (χ0n) is 33.1. The second-order valence-corrected chi connectivity index (χ2v) is 14.6. The highest BCUT2D eigenvalue weighted by atomic mass is 16.5. The Kier molecular flexibility index (Phi) is 11.0. The maximum atomic E-state index is 6.27. The standard InChI is InChI=1S/C51H49N5O/c1-5-37(2)44-21-11-13-23-46(44)55(45-22-12-10-18-38(45)3)42-32-28-39(29-33-42)36-52-53-51(54(4)41-19-8-6-7-9-20-41)40-30-34-43(35-31-40)56-47-24-14-16-26-49(47)57-50-27-17-15-25-48(50)56/h6-8,10-35,37,52H,5,9,36H2,1-4H3/b53-51-. The maximum absolute atomic E-state index is 6.27. The summed E-state index contributed by atoms with van der Waals surface area (Å²) in [5, 5.41) is 5.07. The molecule has 1 atom stereocenters. The molecule has 1 unspecified atom stereocenters. The number of allylic oxidation sites excluding steroid dienone is 5. The summed E-state index contributed by atoms with van der Waals surface area (Å²) in [6.45, 7) is 7.32. The highest BCUT2D eigenvalue weighted by molar-refractivity contribution is 6.00. The highest BCUT2D eigenvalue weighted by Gasteiger charge is 2.26. The van der Waals surface area contributed by atoms with E-state index in [1.807, 2.05) is 36.4 Å². The molecule has 0 fully saturated rings. The molecule has 6 nitrogen and oxygen atoms in total. The minimum absolute atomic E-state index is 0.436. The van der Waals surface area contributed by atoms with Gasteiger partial charge < -0.3 is 24.9 Å². The smallest absolute Gasteiger partial charge is 0.159 e. The Morgan fingerprint density at radius 2 is 1.40 bits per heavy atom. The summed E-state index contributed by atoms with van der Waals surface area (Å²) in [6.07, 6.45) is 12.6. The largest absolute Gasteiger partial charge is 0.453 e. The number of hydrazone groups is 1. The van der Waals surface area contributed by atoms with Gasteiger partial charge in [-0.1, -0.05) is 111 Å². The van der Waals surface area contributed by atoms with Gasteiger partial charge in [0.2, 0.25) is 0 Å². The lowest BCUT2D eigenvalue weighted by Gasteiger charge is -2.33. The number of hydrogen-bond donors (Lipinski definition) is 1. The molecule has 6 heteroatoms. The molecule has 0 bridgehead atoms. The number of rotatable bonds is 11. The van der Waals surface area contributed by atoms with Crippen LogP contribution in [0.15, 0.2) is 187 Å². The topological polar surface area (TPSA) is 43.3 Å². The molecule has 0 saturated heterocycles. The predicted molar refractivity (Wildman–Crippen MR) is 238 cm³/mol. The molecule has 8 rings (SSSR count). The summed E-state index contributed by atoms with van der Waals surface area (Å²) in [7, 11) is 2.08. The van der Waals surface area contributed by atoms with Gasteiger partial charge in [0.1, 0.15) is 0 Å². The Morgan fingerprint density at radius 1 is 0.754 bits per heavy atom. The van der Waals surface area contributed by atoms with E-state index < -0.39 is 0 Å². The first-order valence-electron chi connectivity index (χ1n) is 19.9. The summed E-state index contributed by atoms with van der Waals surface area (Å²) in [5.74, 6) is 2.93. The lowest BCUT2D eigenvalue weighted by Crippen LogP contribution is -2.29. The molecular formula is C51H49N5O. The fourth-order valence-corrected chi connectivity index (χ4v) is 7.53. The molecule has 0 spiro atoms. The van der Waals surface area contributed by atoms with Crippen molar-refractivity contribution < 1.29 is 4.74 Å². The molecule has 6 aromatic carbocycles. The second kappa shape index (κ2) is 16.9. The van der Waals surface area contributed by atoms with E-state index in [1.165, 1.54) is 22.5 Å². The van der Waals surface area contributed by atoms with E-state index in [4.69, 9.17) is 9.84 Å². The van der Waals surface area contributed by atoms with Gasteiger partial charge in [-0.3, -0.25) is 0 Å². The Balaban J connectivity index is 1.08. The molecule has 0 aromatic heterocycles. The molecule has 0 amide bonds. The number of anilines is 6. The number of benzene rings is 6. The Hall–Kier alpha value is -6.79. The van der Waals surface area contributed by atoms with Gasteiger partial charge in [0.05, 0.1) is 17.9 Å². The van der Waals surface area contributed by atoms with Crippen LogP contribution in [0.3, 0.4) is 0 Å². The van der Waals surface area contributed by atoms with Crippen LogP contribution in [-0.4, -0.2) is 17.8 Å². The van der Waals surface area contributed by atoms with E-state index in [1.54, 1.807) is 0 Å². The lowest BCUT2D eigenvalue weighted by atomic mass is 9.95. The Labute approximate surface area is 337 Å². The third-order valence-electron chi connectivity index (χ3n) is 10.8. The first kappa shape index (κ1) is 37.1. The second-order valence-electron chi connectivity index (χ2n) is 14.6. The van der Waals surface area contributed by atoms with Crippen LogP contribution in [0.2, 0.25) is 0 Å². The quantitative estimate of drug-likeness (QED) is 0.0811. The van der Waals surface area contributed by atoms with E-state index in [0.29, 0.717) is 12.5 Å². The zero-order valence-corrected chi connectivity index (χ0v) is 33.1. The number of aryl methyl sites for hydroxylation is 1. The van der Waals surface area contributed by atoms with E-state index in [2.05, 4.69) is 188 Å². The molecule has 1 heterocycles. The van der Waals surface area contributed by atoms with Gasteiger partial charge in [-0.25, -0.2) is 0 Å². The molecule has 1 aliphatic heterocycles. The fraction of sp³-hybridized carbons (Fsp3) is 0.157. The van der Waals surface area contributed by atoms with Gasteiger partial charge in [0.25, 0.3) is 0 Å². The van der Waals surface area contributed by atoms with Crippen molar-refractivity contribution in [3.8, 4) is 11.5 Å². The molecule has 6 aromatic rings. The number of amidine groups is 1. The predicted octanol–water partition coefficient (Wildman–Crippen LogP) is 13.3. The Bertz CT molecular complexity index is 2420. The maximum Gasteiger partial charge on any atom is 0.159 e. The molecule has 1 aliphatic carbocycles. The van der Waals surface area contributed by atoms with Crippen molar-refractivity contribution in [3.63, 3.8) is 0 Å². The fourth-order valence-electron chi connectivity index (χ4n) is 7.53. The van der Waals surface area contributed by atoms with Gasteiger partial charge in [-0.15, -0.1) is 0 Å². The number of nitrogens with one attached hydrogen (secondary N) is 1. The van der Waals surface area contributed by atoms with Crippen molar-refractivity contribution in [3.05, 3.63) is 204 Å². The highest BCUT2D eigenvalue weighted by Crippen LogP contribution is 2.50. The van der Waals surface area contributed by atoms with Crippen molar-refractivity contribution >= 4 is 40.0 Å². The number of likely N-dealkylation sites (N-methyl/N-ethyl adjacent to an activating group) is 1. The summed E-state index contributed by atoms with van der Waals surface area (Å²) in [4.78, 5) is 6.81. The number of hydrogen-bond acceptors (Lipinski definition) is 5. The van der Waals surface area contributed by atoms with Crippen LogP contribution in [0.5, 0.6) is 11.5 Å². The average molecular weight is 748 g/mol. The van der Waals surface area contributed by atoms with E-state index in [0.717, 1.165) is 69.7 Å². The van der Waals surface area contributed by atoms with Crippen LogP contribution >= 0.6 is 0 Å². The summed E-state index contributed by atoms with van der Waals surface area (Å²) in [5.41, 5.74) is 15.8. The normalized spacial score (nSPS) is 13.8. The number of para-hydroxylation sites is 6. The van der Waals surface area contributed by atoms with Crippen LogP contribution < -0.4 is 20.0 Å². The SMILES string of the molecule is CCC(C)c1ccccc1N(c1ccc(CN/N=C(/c2ccc(N3c4ccccc4Oc4ccccc43)cc2)N(C)C2=CCC=CC=C2)cc1)c1ccccc1C. The third-order valence-corrected chi connectivity index (χ3v) is 10.8. The zero-order chi connectivity index (χ0) is 39.1. The third kappa shape index (κ3) is 7.85. The van der Waals surface area contributed by atoms with Crippen LogP contribution in [0.1, 0.15) is 54.9 Å². The Morgan fingerprint density at radius 3 is 2.11 bits per heavy atom. The van der Waals surface area contributed by atoms with Crippen molar-refractivity contribution in [2.24, 2.45) is 5.10 Å². The molecule has 0 radical (unpaired) electrons. The molecule has 284 valence electrons. The van der Waals surface area contributed by atoms with Gasteiger partial charge in [-0.2, -0.15) is 5.10 Å². The summed E-state index contributed by atoms with van der Waals surface area (Å²) >= 11 is 0. The van der Waals surface area contributed by atoms with Crippen molar-refractivity contribution in [1.82, 2.24) is 10.3 Å². The van der Waals surface area contributed by atoms with Crippen LogP contribution in [0.25, 0.3) is 0 Å². The van der Waals surface area contributed by atoms with Crippen molar-refractivity contribution in [2.75, 3.05) is 16.8 Å². The number of nitrogens with zero attached hydrogens (tertiary/aromatic N) is 4. The summed E-state index contributed by atoms with van der Waals surface area (Å²) < 4.78 is 6.27. The molecule has 2 aliphatic rings. The van der Waals surface area contributed by atoms with Crippen LogP contribution in [0.4, 0.5) is 34.1 Å². The van der Waals surface area contributed by atoms with Gasteiger partial charge in [-0.05, 0) is 121 Å². The number of fused-ring (bicyclic) bond motifs is 2. The van der Waals surface area contributed by atoms with E-state index in [9.17, 15) is 0 Å². The van der Waals surface area contributed by atoms with Gasteiger partial charge in [0.15, 0.2) is 17.3 Å². The van der Waals surface area contributed by atoms with E-state index in [-0.39, 0.29) is 0 Å². The molecule has 57 heavy (non-hydrogen) atoms.